The molecule has 0 fully saturated rings. The summed E-state index contributed by atoms with van der Waals surface area (Å²) in [6.45, 7) is 4.23. The van der Waals surface area contributed by atoms with E-state index in [2.05, 4.69) is 10.2 Å². The lowest BCUT2D eigenvalue weighted by Crippen LogP contribution is -2.31. The van der Waals surface area contributed by atoms with Crippen molar-refractivity contribution in [3.05, 3.63) is 99.3 Å². The summed E-state index contributed by atoms with van der Waals surface area (Å²) in [5, 5.41) is 9.92. The Morgan fingerprint density at radius 3 is 2.25 bits per heavy atom. The smallest absolute Gasteiger partial charge is 0.267 e. The zero-order valence-corrected chi connectivity index (χ0v) is 20.5. The van der Waals surface area contributed by atoms with E-state index in [4.69, 9.17) is 0 Å². The van der Waals surface area contributed by atoms with E-state index in [9.17, 15) is 14.4 Å². The second-order valence-electron chi connectivity index (χ2n) is 8.65. The van der Waals surface area contributed by atoms with Crippen LogP contribution in [0.2, 0.25) is 0 Å². The van der Waals surface area contributed by atoms with E-state index in [-0.39, 0.29) is 23.9 Å². The van der Waals surface area contributed by atoms with Crippen LogP contribution < -0.4 is 5.56 Å². The lowest BCUT2D eigenvalue weighted by Gasteiger charge is -2.15. The zero-order chi connectivity index (χ0) is 25.0. The van der Waals surface area contributed by atoms with E-state index >= 15 is 0 Å². The monoisotopic (exact) mass is 495 g/mol. The zero-order valence-electron chi connectivity index (χ0n) is 19.6. The molecule has 3 heterocycles. The molecule has 0 radical (unpaired) electrons. The second kappa shape index (κ2) is 8.46. The third-order valence-corrected chi connectivity index (χ3v) is 7.55. The van der Waals surface area contributed by atoms with E-state index in [1.165, 1.54) is 16.7 Å². The highest BCUT2D eigenvalue weighted by Gasteiger charge is 2.34. The Morgan fingerprint density at radius 2 is 1.50 bits per heavy atom. The summed E-state index contributed by atoms with van der Waals surface area (Å²) >= 11 is 1.39. The number of para-hydroxylation sites is 1. The van der Waals surface area contributed by atoms with Crippen LogP contribution in [0.5, 0.6) is 0 Å². The molecular weight excluding hydrogens is 474 g/mol. The molecule has 2 amide bonds. The van der Waals surface area contributed by atoms with Crippen LogP contribution in [-0.2, 0) is 0 Å². The van der Waals surface area contributed by atoms with E-state index < -0.39 is 0 Å². The van der Waals surface area contributed by atoms with Crippen molar-refractivity contribution in [3.63, 3.8) is 0 Å². The Hall–Kier alpha value is -4.24. The Balaban J connectivity index is 1.40. The number of carbonyl (C=O) groups excluding carboxylic acids is 2. The maximum Gasteiger partial charge on any atom is 0.267 e. The normalized spacial score (nSPS) is 13.2. The Morgan fingerprint density at radius 1 is 0.806 bits per heavy atom. The van der Waals surface area contributed by atoms with Crippen LogP contribution in [0.4, 0.5) is 0 Å². The first-order valence-electron chi connectivity index (χ1n) is 11.5. The van der Waals surface area contributed by atoms with Crippen LogP contribution in [0.3, 0.4) is 0 Å². The van der Waals surface area contributed by atoms with Crippen molar-refractivity contribution in [1.29, 1.82) is 0 Å². The first-order chi connectivity index (χ1) is 17.5. The molecule has 6 rings (SSSR count). The van der Waals surface area contributed by atoms with Gasteiger partial charge in [-0.3, -0.25) is 23.7 Å². The highest BCUT2D eigenvalue weighted by Crippen LogP contribution is 2.27. The summed E-state index contributed by atoms with van der Waals surface area (Å²) in [6, 6.07) is 20.1. The average molecular weight is 496 g/mol. The van der Waals surface area contributed by atoms with Gasteiger partial charge < -0.3 is 0 Å². The highest BCUT2D eigenvalue weighted by atomic mass is 32.2. The summed E-state index contributed by atoms with van der Waals surface area (Å²) in [5.41, 5.74) is 4.22. The molecule has 8 nitrogen and oxygen atoms in total. The third kappa shape index (κ3) is 3.27. The summed E-state index contributed by atoms with van der Waals surface area (Å²) < 4.78 is 3.47. The predicted molar refractivity (Wildman–Crippen MR) is 138 cm³/mol. The fourth-order valence-corrected chi connectivity index (χ4v) is 5.50. The Labute approximate surface area is 210 Å². The molecule has 0 saturated carbocycles. The molecule has 0 N–H and O–H groups in total. The number of rotatable bonds is 5. The SMILES string of the molecule is Cc1cccc(-n2c(=O)c3ccccc3n3c(SCCN4C(=O)c5ccccc5C4=O)nnc23)c1C. The number of hydrogen-bond donors (Lipinski definition) is 0. The molecule has 0 atom stereocenters. The maximum atomic E-state index is 13.6. The van der Waals surface area contributed by atoms with Crippen molar-refractivity contribution < 1.29 is 9.59 Å². The van der Waals surface area contributed by atoms with Gasteiger partial charge in [0.1, 0.15) is 0 Å². The predicted octanol–water partition coefficient (Wildman–Crippen LogP) is 4.04. The lowest BCUT2D eigenvalue weighted by atomic mass is 10.1. The van der Waals surface area contributed by atoms with Gasteiger partial charge in [0.25, 0.3) is 17.4 Å². The van der Waals surface area contributed by atoms with Crippen molar-refractivity contribution in [2.75, 3.05) is 12.3 Å². The van der Waals surface area contributed by atoms with Gasteiger partial charge >= 0.3 is 0 Å². The van der Waals surface area contributed by atoms with Gasteiger partial charge in [0, 0.05) is 12.3 Å². The van der Waals surface area contributed by atoms with Crippen molar-refractivity contribution in [3.8, 4) is 5.69 Å². The molecular formula is C27H21N5O3S. The van der Waals surface area contributed by atoms with Crippen LogP contribution in [0.15, 0.2) is 76.7 Å². The number of amides is 2. The minimum atomic E-state index is -0.281. The summed E-state index contributed by atoms with van der Waals surface area (Å²) in [4.78, 5) is 40.3. The fraction of sp³-hybridized carbons (Fsp3) is 0.148. The maximum absolute atomic E-state index is 13.6. The molecule has 2 aromatic heterocycles. The van der Waals surface area contributed by atoms with Gasteiger partial charge in [-0.05, 0) is 55.3 Å². The van der Waals surface area contributed by atoms with Crippen LogP contribution >= 0.6 is 11.8 Å². The largest absolute Gasteiger partial charge is 0.273 e. The molecule has 0 spiro atoms. The number of thioether (sulfide) groups is 1. The van der Waals surface area contributed by atoms with Gasteiger partial charge in [0.15, 0.2) is 5.16 Å². The molecule has 3 aromatic carbocycles. The molecule has 0 aliphatic carbocycles. The molecule has 0 saturated heterocycles. The molecule has 5 aromatic rings. The van der Waals surface area contributed by atoms with Crippen LogP contribution in [0.1, 0.15) is 31.8 Å². The molecule has 36 heavy (non-hydrogen) atoms. The van der Waals surface area contributed by atoms with Crippen molar-refractivity contribution in [1.82, 2.24) is 24.1 Å². The molecule has 1 aliphatic heterocycles. The summed E-state index contributed by atoms with van der Waals surface area (Å²) in [6.07, 6.45) is 0. The average Bonchev–Trinajstić information content (AvgIpc) is 3.41. The van der Waals surface area contributed by atoms with Crippen molar-refractivity contribution in [2.24, 2.45) is 0 Å². The van der Waals surface area contributed by atoms with Gasteiger partial charge in [-0.25, -0.2) is 4.57 Å². The number of imide groups is 1. The summed E-state index contributed by atoms with van der Waals surface area (Å²) in [7, 11) is 0. The molecule has 0 unspecified atom stereocenters. The van der Waals surface area contributed by atoms with Crippen molar-refractivity contribution >= 4 is 40.3 Å². The molecule has 1 aliphatic rings. The number of hydrogen-bond acceptors (Lipinski definition) is 6. The Kier molecular flexibility index (Phi) is 5.22. The number of fused-ring (bicyclic) bond motifs is 4. The Bertz CT molecular complexity index is 1740. The van der Waals surface area contributed by atoms with Crippen LogP contribution in [-0.4, -0.2) is 48.2 Å². The van der Waals surface area contributed by atoms with E-state index in [1.807, 2.05) is 54.6 Å². The van der Waals surface area contributed by atoms with E-state index in [0.29, 0.717) is 38.7 Å². The van der Waals surface area contributed by atoms with Gasteiger partial charge in [0.2, 0.25) is 5.78 Å². The standard InChI is InChI=1S/C27H21N5O3S/c1-16-8-7-13-21(17(16)2)31-25(35)20-11-5-6-12-22(20)32-26(31)28-29-27(32)36-15-14-30-23(33)18-9-3-4-10-19(18)24(30)34/h3-13H,14-15H2,1-2H3. The number of aromatic nitrogens is 4. The van der Waals surface area contributed by atoms with Gasteiger partial charge in [-0.15, -0.1) is 10.2 Å². The molecule has 0 bridgehead atoms. The highest BCUT2D eigenvalue weighted by molar-refractivity contribution is 7.99. The third-order valence-electron chi connectivity index (χ3n) is 6.64. The molecule has 178 valence electrons. The topological polar surface area (TPSA) is 89.6 Å². The number of benzene rings is 3. The molecule has 9 heteroatoms. The van der Waals surface area contributed by atoms with Crippen LogP contribution in [0, 0.1) is 13.8 Å². The lowest BCUT2D eigenvalue weighted by molar-refractivity contribution is 0.0664. The van der Waals surface area contributed by atoms with E-state index in [1.54, 1.807) is 34.9 Å². The van der Waals surface area contributed by atoms with E-state index in [0.717, 1.165) is 16.8 Å². The number of aryl methyl sites for hydroxylation is 1. The first kappa shape index (κ1) is 22.2. The number of carbonyl (C=O) groups is 2. The van der Waals surface area contributed by atoms with Gasteiger partial charge in [-0.1, -0.05) is 48.2 Å². The van der Waals surface area contributed by atoms with Gasteiger partial charge in [-0.2, -0.15) is 0 Å². The second-order valence-corrected chi connectivity index (χ2v) is 9.71. The minimum absolute atomic E-state index is 0.165. The summed E-state index contributed by atoms with van der Waals surface area (Å²) in [5.74, 6) is 0.284. The van der Waals surface area contributed by atoms with Gasteiger partial charge in [0.05, 0.1) is 27.7 Å². The number of nitrogens with zero attached hydrogens (tertiary/aromatic N) is 5. The first-order valence-corrected chi connectivity index (χ1v) is 12.5. The fourth-order valence-electron chi connectivity index (χ4n) is 4.64. The van der Waals surface area contributed by atoms with Crippen LogP contribution in [0.25, 0.3) is 22.4 Å². The minimum Gasteiger partial charge on any atom is -0.273 e. The van der Waals surface area contributed by atoms with Crippen molar-refractivity contribution in [2.45, 2.75) is 19.0 Å². The quantitative estimate of drug-likeness (QED) is 0.270.